The molecule has 0 saturated heterocycles. The second kappa shape index (κ2) is 6.20. The number of hydrogen-bond acceptors (Lipinski definition) is 2. The fourth-order valence-corrected chi connectivity index (χ4v) is 3.82. The minimum absolute atomic E-state index is 1.04. The van der Waals surface area contributed by atoms with Crippen LogP contribution in [0.3, 0.4) is 0 Å². The molecule has 0 aliphatic heterocycles. The van der Waals surface area contributed by atoms with E-state index >= 15 is 0 Å². The lowest BCUT2D eigenvalue weighted by molar-refractivity contribution is 1.30. The van der Waals surface area contributed by atoms with Gasteiger partial charge in [-0.1, -0.05) is 61.1 Å². The van der Waals surface area contributed by atoms with Crippen molar-refractivity contribution in [1.82, 2.24) is 9.38 Å². The molecule has 0 fully saturated rings. The van der Waals surface area contributed by atoms with E-state index in [-0.39, 0.29) is 0 Å². The summed E-state index contributed by atoms with van der Waals surface area (Å²) in [7, 11) is 2.74. The Kier molecular flexibility index (Phi) is 4.28. The fourth-order valence-electron chi connectivity index (χ4n) is 2.38. The Morgan fingerprint density at radius 3 is 2.50 bits per heavy atom. The summed E-state index contributed by atoms with van der Waals surface area (Å²) < 4.78 is 3.45. The molecule has 4 aromatic rings. The van der Waals surface area contributed by atoms with Crippen LogP contribution in [0, 0.1) is 6.92 Å². The highest BCUT2D eigenvalue weighted by Gasteiger charge is 2.10. The third kappa shape index (κ3) is 2.67. The molecule has 0 aliphatic carbocycles. The van der Waals surface area contributed by atoms with Crippen LogP contribution in [0.1, 0.15) is 19.4 Å². The van der Waals surface area contributed by atoms with Crippen molar-refractivity contribution in [2.24, 2.45) is 0 Å². The molecule has 0 aliphatic rings. The largest absolute Gasteiger partial charge is 0.290 e. The van der Waals surface area contributed by atoms with Crippen LogP contribution in [0.25, 0.3) is 26.4 Å². The molecule has 4 heteroatoms. The molecule has 2 aromatic carbocycles. The zero-order valence-corrected chi connectivity index (χ0v) is 15.0. The van der Waals surface area contributed by atoms with E-state index in [2.05, 4.69) is 69.2 Å². The average Bonchev–Trinajstić information content (AvgIpc) is 3.07. The highest BCUT2D eigenvalue weighted by Crippen LogP contribution is 2.29. The number of benzene rings is 2. The average molecular weight is 326 g/mol. The molecular weight excluding hydrogens is 307 g/mol. The summed E-state index contributed by atoms with van der Waals surface area (Å²) in [5.74, 6) is 0. The molecule has 112 valence electrons. The number of aryl methyl sites for hydroxylation is 1. The molecule has 0 bridgehead atoms. The molecular formula is C18H19N2PS. The van der Waals surface area contributed by atoms with Crippen LogP contribution in [0.15, 0.2) is 48.7 Å². The van der Waals surface area contributed by atoms with Gasteiger partial charge in [0, 0.05) is 11.8 Å². The van der Waals surface area contributed by atoms with Gasteiger partial charge < -0.3 is 0 Å². The van der Waals surface area contributed by atoms with E-state index in [1.165, 1.54) is 26.6 Å². The van der Waals surface area contributed by atoms with Crippen molar-refractivity contribution in [2.75, 3.05) is 0 Å². The van der Waals surface area contributed by atoms with Crippen molar-refractivity contribution < 1.29 is 0 Å². The first-order valence-corrected chi connectivity index (χ1v) is 8.84. The number of hydrogen-bond donors (Lipinski definition) is 0. The van der Waals surface area contributed by atoms with Gasteiger partial charge >= 0.3 is 0 Å². The number of rotatable bonds is 1. The number of thiazole rings is 1. The molecule has 0 amide bonds. The second-order valence-corrected chi connectivity index (χ2v) is 6.65. The smallest absolute Gasteiger partial charge is 0.195 e. The summed E-state index contributed by atoms with van der Waals surface area (Å²) in [5.41, 5.74) is 4.70. The van der Waals surface area contributed by atoms with Crippen LogP contribution in [0.5, 0.6) is 0 Å². The summed E-state index contributed by atoms with van der Waals surface area (Å²) in [6.45, 7) is 6.10. The first kappa shape index (κ1) is 15.2. The topological polar surface area (TPSA) is 17.3 Å². The van der Waals surface area contributed by atoms with Crippen molar-refractivity contribution in [1.29, 1.82) is 0 Å². The van der Waals surface area contributed by atoms with Crippen LogP contribution in [0.4, 0.5) is 0 Å². The van der Waals surface area contributed by atoms with Crippen molar-refractivity contribution in [3.63, 3.8) is 0 Å². The number of nitrogens with zero attached hydrogens (tertiary/aromatic N) is 2. The van der Waals surface area contributed by atoms with Gasteiger partial charge in [-0.2, -0.15) is 0 Å². The maximum atomic E-state index is 4.75. The Balaban J connectivity index is 0.000000693. The molecule has 1 atom stereocenters. The van der Waals surface area contributed by atoms with E-state index in [1.807, 2.05) is 13.8 Å². The second-order valence-electron chi connectivity index (χ2n) is 4.97. The van der Waals surface area contributed by atoms with Crippen molar-refractivity contribution in [3.8, 4) is 11.3 Å². The van der Waals surface area contributed by atoms with Gasteiger partial charge in [0.1, 0.15) is 0 Å². The Labute approximate surface area is 137 Å². The Morgan fingerprint density at radius 1 is 1.05 bits per heavy atom. The van der Waals surface area contributed by atoms with Gasteiger partial charge in [0.2, 0.25) is 0 Å². The van der Waals surface area contributed by atoms with Crippen LogP contribution < -0.4 is 5.30 Å². The first-order chi connectivity index (χ1) is 10.7. The van der Waals surface area contributed by atoms with Crippen LogP contribution >= 0.6 is 20.6 Å². The summed E-state index contributed by atoms with van der Waals surface area (Å²) in [5, 5.41) is 1.21. The zero-order valence-electron chi connectivity index (χ0n) is 13.0. The maximum Gasteiger partial charge on any atom is 0.195 e. The summed E-state index contributed by atoms with van der Waals surface area (Å²) in [6, 6.07) is 15.0. The van der Waals surface area contributed by atoms with Gasteiger partial charge in [-0.3, -0.25) is 4.40 Å². The molecule has 0 N–H and O–H groups in total. The molecule has 2 nitrogen and oxygen atoms in total. The first-order valence-electron chi connectivity index (χ1n) is 7.45. The zero-order chi connectivity index (χ0) is 15.7. The number of aromatic nitrogens is 2. The minimum Gasteiger partial charge on any atom is -0.290 e. The summed E-state index contributed by atoms with van der Waals surface area (Å²) in [4.78, 5) is 5.80. The van der Waals surface area contributed by atoms with Crippen molar-refractivity contribution >= 4 is 41.1 Å². The maximum absolute atomic E-state index is 4.75. The predicted molar refractivity (Wildman–Crippen MR) is 101 cm³/mol. The van der Waals surface area contributed by atoms with Crippen LogP contribution in [-0.2, 0) is 0 Å². The van der Waals surface area contributed by atoms with Crippen LogP contribution in [0.2, 0.25) is 0 Å². The van der Waals surface area contributed by atoms with Gasteiger partial charge in [-0.25, -0.2) is 4.98 Å². The van der Waals surface area contributed by atoms with E-state index in [0.29, 0.717) is 0 Å². The Bertz CT molecular complexity index is 919. The molecule has 0 radical (unpaired) electrons. The lowest BCUT2D eigenvalue weighted by Crippen LogP contribution is -1.87. The van der Waals surface area contributed by atoms with Gasteiger partial charge in [0.05, 0.1) is 15.9 Å². The van der Waals surface area contributed by atoms with E-state index in [4.69, 9.17) is 4.98 Å². The molecule has 4 rings (SSSR count). The van der Waals surface area contributed by atoms with Crippen LogP contribution in [-0.4, -0.2) is 9.38 Å². The highest BCUT2D eigenvalue weighted by atomic mass is 32.1. The molecule has 2 aromatic heterocycles. The van der Waals surface area contributed by atoms with E-state index < -0.39 is 0 Å². The van der Waals surface area contributed by atoms with E-state index in [9.17, 15) is 0 Å². The molecule has 0 spiro atoms. The lowest BCUT2D eigenvalue weighted by atomic mass is 10.1. The predicted octanol–water partition coefficient (Wildman–Crippen LogP) is 5.05. The molecule has 22 heavy (non-hydrogen) atoms. The molecule has 0 saturated carbocycles. The van der Waals surface area contributed by atoms with E-state index in [0.717, 1.165) is 10.7 Å². The van der Waals surface area contributed by atoms with Gasteiger partial charge in [0.15, 0.2) is 4.96 Å². The lowest BCUT2D eigenvalue weighted by Gasteiger charge is -1.97. The van der Waals surface area contributed by atoms with Gasteiger partial charge in [0.25, 0.3) is 0 Å². The van der Waals surface area contributed by atoms with E-state index in [1.54, 1.807) is 11.3 Å². The number of fused-ring (bicyclic) bond motifs is 3. The minimum atomic E-state index is 1.04. The Morgan fingerprint density at radius 2 is 1.77 bits per heavy atom. The van der Waals surface area contributed by atoms with Crippen molar-refractivity contribution in [2.45, 2.75) is 20.8 Å². The third-order valence-electron chi connectivity index (χ3n) is 3.47. The Hall–Kier alpha value is -1.70. The fraction of sp³-hybridized carbons (Fsp3) is 0.167. The SMILES string of the molecule is CC.Cc1ccc(-c2cn3c(n2)sc2cc(P)ccc23)cc1. The third-order valence-corrected chi connectivity index (χ3v) is 4.84. The highest BCUT2D eigenvalue weighted by molar-refractivity contribution is 7.28. The molecule has 2 heterocycles. The van der Waals surface area contributed by atoms with Gasteiger partial charge in [-0.05, 0) is 24.4 Å². The normalized spacial score (nSPS) is 10.7. The van der Waals surface area contributed by atoms with Crippen molar-refractivity contribution in [3.05, 3.63) is 54.2 Å². The monoisotopic (exact) mass is 326 g/mol. The van der Waals surface area contributed by atoms with Gasteiger partial charge in [-0.15, -0.1) is 9.24 Å². The summed E-state index contributed by atoms with van der Waals surface area (Å²) >= 11 is 1.73. The standard InChI is InChI=1S/C16H13N2PS.C2H6/c1-10-2-4-11(5-3-10)13-9-18-14-7-6-12(19)8-15(14)20-16(18)17-13;1-2/h2-9H,19H2,1H3;1-2H3. The molecule has 1 unspecified atom stereocenters. The number of imidazole rings is 1. The summed E-state index contributed by atoms with van der Waals surface area (Å²) in [6.07, 6.45) is 2.13. The quantitative estimate of drug-likeness (QED) is 0.447.